The summed E-state index contributed by atoms with van der Waals surface area (Å²) in [6, 6.07) is 0. The maximum atomic E-state index is 10.8. The Morgan fingerprint density at radius 2 is 1.62 bits per heavy atom. The molecule has 0 aromatic rings. The van der Waals surface area contributed by atoms with Crippen LogP contribution in [0, 0.1) is 11.8 Å². The van der Waals surface area contributed by atoms with Crippen molar-refractivity contribution in [1.82, 2.24) is 0 Å². The van der Waals surface area contributed by atoms with Crippen LogP contribution in [0.4, 0.5) is 0 Å². The molecule has 0 saturated heterocycles. The summed E-state index contributed by atoms with van der Waals surface area (Å²) in [5.74, 6) is -1.91. The molecule has 1 saturated carbocycles. The second-order valence-corrected chi connectivity index (χ2v) is 7.40. The van der Waals surface area contributed by atoms with Crippen LogP contribution in [0.3, 0.4) is 0 Å². The summed E-state index contributed by atoms with van der Waals surface area (Å²) in [5, 5.41) is 76.8. The van der Waals surface area contributed by atoms with Gasteiger partial charge in [-0.25, -0.2) is 8.42 Å². The van der Waals surface area contributed by atoms with E-state index in [0.717, 1.165) is 0 Å². The van der Waals surface area contributed by atoms with E-state index in [4.69, 9.17) is 10.2 Å². The Kier molecular flexibility index (Phi) is 8.76. The van der Waals surface area contributed by atoms with Crippen molar-refractivity contribution in [1.29, 1.82) is 0 Å². The summed E-state index contributed by atoms with van der Waals surface area (Å²) in [6.45, 7) is -1.76. The number of hydrogen-bond donors (Lipinski definition) is 8. The third-order valence-electron chi connectivity index (χ3n) is 4.58. The van der Waals surface area contributed by atoms with Crippen molar-refractivity contribution in [3.05, 3.63) is 0 Å². The van der Waals surface area contributed by atoms with Crippen molar-refractivity contribution in [2.75, 3.05) is 13.2 Å². The summed E-state index contributed by atoms with van der Waals surface area (Å²) < 4.78 is 36.6. The van der Waals surface area contributed by atoms with Crippen LogP contribution in [0.15, 0.2) is 0 Å². The van der Waals surface area contributed by atoms with Crippen molar-refractivity contribution < 1.29 is 58.0 Å². The quantitative estimate of drug-likeness (QED) is 0.126. The van der Waals surface area contributed by atoms with E-state index < -0.39 is 84.6 Å². The summed E-state index contributed by atoms with van der Waals surface area (Å²) in [4.78, 5) is 0. The van der Waals surface area contributed by atoms with E-state index in [1.54, 1.807) is 0 Å². The standard InChI is InChI=1S/C13H26O12S/c14-3-8(18)10-5(1-6(16)11(10)20)2-7(17)13(25-26(22,23)24)12(21)9(19)4-15/h5-21H,1-4H2,(H,22,23,24)/p-1/t5-,6-,7+,8+,9-,10+,11-,12-,13-/m1/s1. The highest BCUT2D eigenvalue weighted by Crippen LogP contribution is 2.38. The van der Waals surface area contributed by atoms with Gasteiger partial charge in [0.2, 0.25) is 10.4 Å². The first-order valence-electron chi connectivity index (χ1n) is 7.87. The normalized spacial score (nSPS) is 32.8. The van der Waals surface area contributed by atoms with E-state index in [0.29, 0.717) is 0 Å². The molecule has 156 valence electrons. The van der Waals surface area contributed by atoms with E-state index in [1.165, 1.54) is 0 Å². The van der Waals surface area contributed by atoms with Crippen LogP contribution in [0.1, 0.15) is 12.8 Å². The second-order valence-electron chi connectivity index (χ2n) is 6.39. The highest BCUT2D eigenvalue weighted by molar-refractivity contribution is 7.80. The maximum absolute atomic E-state index is 10.8. The molecule has 1 fully saturated rings. The van der Waals surface area contributed by atoms with Gasteiger partial charge < -0.3 is 45.4 Å². The van der Waals surface area contributed by atoms with Gasteiger partial charge >= 0.3 is 0 Å². The Hall–Kier alpha value is -0.450. The third-order valence-corrected chi connectivity index (χ3v) is 5.04. The summed E-state index contributed by atoms with van der Waals surface area (Å²) in [6.07, 6.45) is -12.8. The lowest BCUT2D eigenvalue weighted by molar-refractivity contribution is -0.113. The molecule has 0 aliphatic heterocycles. The molecule has 9 atom stereocenters. The van der Waals surface area contributed by atoms with E-state index in [1.807, 2.05) is 0 Å². The minimum Gasteiger partial charge on any atom is -0.726 e. The van der Waals surface area contributed by atoms with E-state index in [2.05, 4.69) is 4.18 Å². The van der Waals surface area contributed by atoms with Crippen LogP contribution in [0.25, 0.3) is 0 Å². The SMILES string of the molecule is O=S(=O)([O-])O[C@@H]([C@H](O)[C@H](O)CO)[C@@H](O)C[C@H]1C[C@@H](O)[C@@H](O)[C@@H]1[C@@H](O)CO. The molecule has 0 amide bonds. The van der Waals surface area contributed by atoms with Crippen LogP contribution < -0.4 is 0 Å². The molecule has 0 spiro atoms. The minimum absolute atomic E-state index is 0.130. The zero-order valence-corrected chi connectivity index (χ0v) is 14.5. The molecule has 0 aromatic carbocycles. The van der Waals surface area contributed by atoms with Gasteiger partial charge in [-0.05, 0) is 18.8 Å². The Bertz CT molecular complexity index is 527. The molecule has 26 heavy (non-hydrogen) atoms. The Balaban J connectivity index is 2.98. The zero-order valence-electron chi connectivity index (χ0n) is 13.6. The van der Waals surface area contributed by atoms with Crippen molar-refractivity contribution in [2.45, 2.75) is 55.6 Å². The Morgan fingerprint density at radius 3 is 2.08 bits per heavy atom. The zero-order chi connectivity index (χ0) is 20.2. The van der Waals surface area contributed by atoms with Crippen molar-refractivity contribution in [3.63, 3.8) is 0 Å². The first kappa shape index (κ1) is 23.6. The molecule has 1 rings (SSSR count). The number of hydrogen-bond acceptors (Lipinski definition) is 12. The van der Waals surface area contributed by atoms with Gasteiger partial charge in [0.15, 0.2) is 0 Å². The molecule has 0 heterocycles. The van der Waals surface area contributed by atoms with Gasteiger partial charge in [0, 0.05) is 5.92 Å². The highest BCUT2D eigenvalue weighted by Gasteiger charge is 2.47. The predicted molar refractivity (Wildman–Crippen MR) is 81.0 cm³/mol. The molecule has 13 heteroatoms. The predicted octanol–water partition coefficient (Wildman–Crippen LogP) is -4.99. The third kappa shape index (κ3) is 6.03. The molecule has 0 bridgehead atoms. The molecule has 8 N–H and O–H groups in total. The van der Waals surface area contributed by atoms with Gasteiger partial charge in [-0.1, -0.05) is 0 Å². The van der Waals surface area contributed by atoms with Crippen LogP contribution in [0.2, 0.25) is 0 Å². The number of aliphatic hydroxyl groups excluding tert-OH is 8. The molecular weight excluding hydrogens is 380 g/mol. The highest BCUT2D eigenvalue weighted by atomic mass is 32.3. The van der Waals surface area contributed by atoms with Crippen molar-refractivity contribution >= 4 is 10.4 Å². The Morgan fingerprint density at radius 1 is 1.04 bits per heavy atom. The van der Waals surface area contributed by atoms with Crippen molar-refractivity contribution in [3.8, 4) is 0 Å². The van der Waals surface area contributed by atoms with Gasteiger partial charge in [0.25, 0.3) is 0 Å². The van der Waals surface area contributed by atoms with Gasteiger partial charge in [-0.15, -0.1) is 0 Å². The lowest BCUT2D eigenvalue weighted by Gasteiger charge is -2.33. The van der Waals surface area contributed by atoms with Crippen LogP contribution in [-0.2, 0) is 14.6 Å². The monoisotopic (exact) mass is 405 g/mol. The lowest BCUT2D eigenvalue weighted by Crippen LogP contribution is -2.49. The fourth-order valence-electron chi connectivity index (χ4n) is 3.31. The van der Waals surface area contributed by atoms with Crippen LogP contribution >= 0.6 is 0 Å². The molecule has 1 aliphatic carbocycles. The first-order chi connectivity index (χ1) is 11.9. The van der Waals surface area contributed by atoms with E-state index >= 15 is 0 Å². The van der Waals surface area contributed by atoms with Gasteiger partial charge in [0.05, 0.1) is 37.6 Å². The summed E-state index contributed by atoms with van der Waals surface area (Å²) >= 11 is 0. The second kappa shape index (κ2) is 9.66. The summed E-state index contributed by atoms with van der Waals surface area (Å²) in [7, 11) is -5.40. The van der Waals surface area contributed by atoms with Gasteiger partial charge in [-0.3, -0.25) is 4.18 Å². The van der Waals surface area contributed by atoms with Crippen LogP contribution in [-0.4, -0.2) is 110 Å². The van der Waals surface area contributed by atoms with Gasteiger partial charge in [0.1, 0.15) is 18.3 Å². The molecule has 12 nitrogen and oxygen atoms in total. The molecule has 0 aromatic heterocycles. The maximum Gasteiger partial charge on any atom is 0.218 e. The number of rotatable bonds is 10. The minimum atomic E-state index is -5.40. The Labute approximate surface area is 149 Å². The average Bonchev–Trinajstić information content (AvgIpc) is 2.83. The fraction of sp³-hybridized carbons (Fsp3) is 1.00. The average molecular weight is 405 g/mol. The van der Waals surface area contributed by atoms with Gasteiger partial charge in [-0.2, -0.15) is 0 Å². The molecule has 0 unspecified atom stereocenters. The summed E-state index contributed by atoms with van der Waals surface area (Å²) in [5.41, 5.74) is 0. The first-order valence-corrected chi connectivity index (χ1v) is 9.20. The topological polar surface area (TPSA) is 228 Å². The van der Waals surface area contributed by atoms with E-state index in [9.17, 15) is 43.6 Å². The molecular formula is C13H25O12S-. The van der Waals surface area contributed by atoms with Crippen LogP contribution in [0.5, 0.6) is 0 Å². The smallest absolute Gasteiger partial charge is 0.218 e. The fourth-order valence-corrected chi connectivity index (χ4v) is 3.83. The number of aliphatic hydroxyl groups is 8. The molecule has 0 radical (unpaired) electrons. The molecule has 1 aliphatic rings. The van der Waals surface area contributed by atoms with E-state index in [-0.39, 0.29) is 6.42 Å². The lowest BCUT2D eigenvalue weighted by atomic mass is 9.84. The largest absolute Gasteiger partial charge is 0.726 e. The van der Waals surface area contributed by atoms with Crippen molar-refractivity contribution in [2.24, 2.45) is 11.8 Å².